The molecule has 1 fully saturated rings. The molecule has 0 atom stereocenters. The van der Waals surface area contributed by atoms with Gasteiger partial charge in [-0.3, -0.25) is 0 Å². The highest BCUT2D eigenvalue weighted by atomic mass is 16.5. The number of nitrogens with one attached hydrogen (secondary N) is 1. The van der Waals surface area contributed by atoms with Gasteiger partial charge in [-0.25, -0.2) is 9.78 Å². The second-order valence-electron chi connectivity index (χ2n) is 6.01. The van der Waals surface area contributed by atoms with Crippen molar-refractivity contribution in [2.24, 2.45) is 0 Å². The van der Waals surface area contributed by atoms with Crippen molar-refractivity contribution < 1.29 is 9.53 Å². The summed E-state index contributed by atoms with van der Waals surface area (Å²) in [6.45, 7) is 4.95. The summed E-state index contributed by atoms with van der Waals surface area (Å²) in [5.41, 5.74) is 2.09. The van der Waals surface area contributed by atoms with Crippen molar-refractivity contribution >= 4 is 17.5 Å². The number of benzene rings is 1. The molecular weight excluding hydrogens is 316 g/mol. The number of urea groups is 1. The fraction of sp³-hybridized carbons (Fsp3) is 0.368. The summed E-state index contributed by atoms with van der Waals surface area (Å²) >= 11 is 0. The summed E-state index contributed by atoms with van der Waals surface area (Å²) < 4.78 is 5.25. The Morgan fingerprint density at radius 1 is 1.16 bits per heavy atom. The lowest BCUT2D eigenvalue weighted by Crippen LogP contribution is -2.50. The molecule has 2 heterocycles. The maximum absolute atomic E-state index is 12.4. The van der Waals surface area contributed by atoms with Gasteiger partial charge >= 0.3 is 6.03 Å². The molecule has 0 aliphatic carbocycles. The minimum atomic E-state index is -0.0532. The van der Waals surface area contributed by atoms with Gasteiger partial charge in [0.2, 0.25) is 0 Å². The number of aromatic nitrogens is 1. The van der Waals surface area contributed by atoms with Gasteiger partial charge in [0.15, 0.2) is 0 Å². The number of hydrogen-bond donors (Lipinski definition) is 1. The molecule has 0 saturated carbocycles. The van der Waals surface area contributed by atoms with E-state index in [2.05, 4.69) is 22.1 Å². The number of rotatable bonds is 4. The van der Waals surface area contributed by atoms with E-state index in [1.807, 2.05) is 41.3 Å². The van der Waals surface area contributed by atoms with Crippen molar-refractivity contribution in [3.63, 3.8) is 0 Å². The number of hydrogen-bond acceptors (Lipinski definition) is 4. The molecule has 1 aliphatic heterocycles. The second-order valence-corrected chi connectivity index (χ2v) is 6.01. The first kappa shape index (κ1) is 17.1. The van der Waals surface area contributed by atoms with Crippen LogP contribution in [0.4, 0.5) is 16.3 Å². The molecule has 1 aromatic heterocycles. The largest absolute Gasteiger partial charge is 0.497 e. The number of methoxy groups -OCH3 is 1. The minimum absolute atomic E-state index is 0.0532. The third kappa shape index (κ3) is 4.21. The number of pyridine rings is 1. The maximum Gasteiger partial charge on any atom is 0.321 e. The zero-order valence-electron chi connectivity index (χ0n) is 14.7. The van der Waals surface area contributed by atoms with Crippen molar-refractivity contribution in [3.8, 4) is 5.75 Å². The van der Waals surface area contributed by atoms with Crippen molar-refractivity contribution in [1.29, 1.82) is 0 Å². The lowest BCUT2D eigenvalue weighted by molar-refractivity contribution is 0.208. The Bertz CT molecular complexity index is 710. The van der Waals surface area contributed by atoms with Crippen molar-refractivity contribution in [2.75, 3.05) is 43.5 Å². The summed E-state index contributed by atoms with van der Waals surface area (Å²) in [6, 6.07) is 11.7. The number of aryl methyl sites for hydroxylation is 1. The predicted octanol–water partition coefficient (Wildman–Crippen LogP) is 3.01. The molecule has 1 N–H and O–H groups in total. The van der Waals surface area contributed by atoms with Crippen LogP contribution in [0.5, 0.6) is 5.75 Å². The smallest absolute Gasteiger partial charge is 0.321 e. The minimum Gasteiger partial charge on any atom is -0.497 e. The van der Waals surface area contributed by atoms with Gasteiger partial charge in [0.1, 0.15) is 11.6 Å². The van der Waals surface area contributed by atoms with Crippen LogP contribution in [0.15, 0.2) is 42.6 Å². The fourth-order valence-corrected chi connectivity index (χ4v) is 2.86. The van der Waals surface area contributed by atoms with Gasteiger partial charge < -0.3 is 19.9 Å². The van der Waals surface area contributed by atoms with E-state index in [0.29, 0.717) is 13.1 Å². The predicted molar refractivity (Wildman–Crippen MR) is 99.4 cm³/mol. The maximum atomic E-state index is 12.4. The second kappa shape index (κ2) is 7.88. The molecule has 2 aromatic rings. The van der Waals surface area contributed by atoms with Crippen LogP contribution >= 0.6 is 0 Å². The number of anilines is 2. The molecule has 2 amide bonds. The Labute approximate surface area is 148 Å². The van der Waals surface area contributed by atoms with E-state index in [1.54, 1.807) is 13.3 Å². The zero-order chi connectivity index (χ0) is 17.6. The Balaban J connectivity index is 1.54. The molecule has 6 heteroatoms. The quantitative estimate of drug-likeness (QED) is 0.929. The topological polar surface area (TPSA) is 57.7 Å². The first-order valence-corrected chi connectivity index (χ1v) is 8.59. The van der Waals surface area contributed by atoms with Gasteiger partial charge in [-0.05, 0) is 30.2 Å². The number of amides is 2. The van der Waals surface area contributed by atoms with Gasteiger partial charge in [0.05, 0.1) is 7.11 Å². The summed E-state index contributed by atoms with van der Waals surface area (Å²) in [5.74, 6) is 1.68. The lowest BCUT2D eigenvalue weighted by atomic mass is 10.1. The average Bonchev–Trinajstić information content (AvgIpc) is 2.68. The van der Waals surface area contributed by atoms with Crippen LogP contribution in [-0.2, 0) is 6.42 Å². The Hall–Kier alpha value is -2.76. The van der Waals surface area contributed by atoms with Crippen LogP contribution in [0, 0.1) is 0 Å². The summed E-state index contributed by atoms with van der Waals surface area (Å²) in [6.07, 6.45) is 2.74. The molecule has 6 nitrogen and oxygen atoms in total. The third-order valence-electron chi connectivity index (χ3n) is 4.46. The van der Waals surface area contributed by atoms with E-state index >= 15 is 0 Å². The Morgan fingerprint density at radius 3 is 2.52 bits per heavy atom. The van der Waals surface area contributed by atoms with E-state index in [9.17, 15) is 4.79 Å². The summed E-state index contributed by atoms with van der Waals surface area (Å²) in [4.78, 5) is 20.8. The highest BCUT2D eigenvalue weighted by molar-refractivity contribution is 5.89. The molecule has 0 unspecified atom stereocenters. The van der Waals surface area contributed by atoms with Gasteiger partial charge in [0, 0.05) is 44.1 Å². The van der Waals surface area contributed by atoms with Crippen LogP contribution < -0.4 is 15.0 Å². The molecule has 132 valence electrons. The van der Waals surface area contributed by atoms with Crippen LogP contribution in [-0.4, -0.2) is 49.2 Å². The first-order valence-electron chi connectivity index (χ1n) is 8.59. The molecule has 1 aromatic carbocycles. The highest BCUT2D eigenvalue weighted by Crippen LogP contribution is 2.19. The van der Waals surface area contributed by atoms with Gasteiger partial charge in [0.25, 0.3) is 0 Å². The van der Waals surface area contributed by atoms with E-state index in [0.717, 1.165) is 36.8 Å². The first-order chi connectivity index (χ1) is 12.2. The van der Waals surface area contributed by atoms with Crippen molar-refractivity contribution in [2.45, 2.75) is 13.3 Å². The zero-order valence-corrected chi connectivity index (χ0v) is 14.7. The number of carbonyl (C=O) groups excluding carboxylic acids is 1. The van der Waals surface area contributed by atoms with Crippen LogP contribution in [0.25, 0.3) is 0 Å². The molecule has 1 aliphatic rings. The number of piperazine rings is 1. The van der Waals surface area contributed by atoms with Crippen LogP contribution in [0.3, 0.4) is 0 Å². The van der Waals surface area contributed by atoms with E-state index < -0.39 is 0 Å². The Kier molecular flexibility index (Phi) is 5.38. The molecule has 0 radical (unpaired) electrons. The van der Waals surface area contributed by atoms with Crippen molar-refractivity contribution in [3.05, 3.63) is 48.2 Å². The molecule has 25 heavy (non-hydrogen) atoms. The van der Waals surface area contributed by atoms with Gasteiger partial charge in [-0.15, -0.1) is 0 Å². The normalized spacial score (nSPS) is 14.3. The lowest BCUT2D eigenvalue weighted by Gasteiger charge is -2.35. The van der Waals surface area contributed by atoms with Crippen LogP contribution in [0.2, 0.25) is 0 Å². The number of nitrogens with zero attached hydrogens (tertiary/aromatic N) is 3. The standard InChI is InChI=1S/C19H24N4O2/c1-3-15-4-6-16(7-5-15)21-19(24)23-12-10-22(11-13-23)18-14-17(25-2)8-9-20-18/h4-9,14H,3,10-13H2,1-2H3,(H,21,24). The van der Waals surface area contributed by atoms with E-state index in [-0.39, 0.29) is 6.03 Å². The van der Waals surface area contributed by atoms with E-state index in [1.165, 1.54) is 5.56 Å². The SMILES string of the molecule is CCc1ccc(NC(=O)N2CCN(c3cc(OC)ccn3)CC2)cc1. The molecule has 1 saturated heterocycles. The third-order valence-corrected chi connectivity index (χ3v) is 4.46. The summed E-state index contributed by atoms with van der Waals surface area (Å²) in [7, 11) is 1.65. The monoisotopic (exact) mass is 340 g/mol. The van der Waals surface area contributed by atoms with Crippen LogP contribution in [0.1, 0.15) is 12.5 Å². The average molecular weight is 340 g/mol. The van der Waals surface area contributed by atoms with E-state index in [4.69, 9.17) is 4.74 Å². The molecule has 0 bridgehead atoms. The molecular formula is C19H24N4O2. The highest BCUT2D eigenvalue weighted by Gasteiger charge is 2.22. The number of carbonyl (C=O) groups is 1. The fourth-order valence-electron chi connectivity index (χ4n) is 2.86. The Morgan fingerprint density at radius 2 is 1.88 bits per heavy atom. The molecule has 0 spiro atoms. The summed E-state index contributed by atoms with van der Waals surface area (Å²) in [5, 5.41) is 2.97. The van der Waals surface area contributed by atoms with Gasteiger partial charge in [-0.1, -0.05) is 19.1 Å². The van der Waals surface area contributed by atoms with Crippen molar-refractivity contribution in [1.82, 2.24) is 9.88 Å². The number of ether oxygens (including phenoxy) is 1. The molecule has 3 rings (SSSR count). The van der Waals surface area contributed by atoms with Gasteiger partial charge in [-0.2, -0.15) is 0 Å².